The van der Waals surface area contributed by atoms with E-state index in [4.69, 9.17) is 10.2 Å². The van der Waals surface area contributed by atoms with Gasteiger partial charge in [0.2, 0.25) is 0 Å². The maximum Gasteiger partial charge on any atom is 0.281 e. The molecule has 3 heterocycles. The van der Waals surface area contributed by atoms with Gasteiger partial charge in [0.1, 0.15) is 5.82 Å². The summed E-state index contributed by atoms with van der Waals surface area (Å²) in [4.78, 5) is 25.5. The van der Waals surface area contributed by atoms with Crippen molar-refractivity contribution in [3.8, 4) is 11.3 Å². The van der Waals surface area contributed by atoms with Crippen LogP contribution >= 0.6 is 0 Å². The first kappa shape index (κ1) is 14.2. The average Bonchev–Trinajstić information content (AvgIpc) is 3.32. The third-order valence-corrected chi connectivity index (χ3v) is 4.77. The molecule has 1 aromatic carbocycles. The van der Waals surface area contributed by atoms with Crippen LogP contribution in [0.15, 0.2) is 40.1 Å². The second-order valence-corrected chi connectivity index (χ2v) is 6.40. The molecule has 1 saturated carbocycles. The summed E-state index contributed by atoms with van der Waals surface area (Å²) in [6.07, 6.45) is 6.52. The van der Waals surface area contributed by atoms with E-state index in [1.165, 1.54) is 12.6 Å². The number of rotatable bonds is 2. The van der Waals surface area contributed by atoms with E-state index in [1.54, 1.807) is 6.20 Å². The van der Waals surface area contributed by atoms with Crippen molar-refractivity contribution in [1.82, 2.24) is 19.5 Å². The molecule has 124 valence electrons. The van der Waals surface area contributed by atoms with Gasteiger partial charge in [0.05, 0.1) is 23.6 Å². The van der Waals surface area contributed by atoms with Crippen molar-refractivity contribution in [2.45, 2.75) is 25.8 Å². The van der Waals surface area contributed by atoms with Crippen molar-refractivity contribution in [3.63, 3.8) is 0 Å². The van der Waals surface area contributed by atoms with E-state index in [0.29, 0.717) is 16.9 Å². The lowest BCUT2D eigenvalue weighted by Gasteiger charge is -2.15. The number of aryl methyl sites for hydroxylation is 1. The summed E-state index contributed by atoms with van der Waals surface area (Å²) in [5.74, 6) is 0.375. The second kappa shape index (κ2) is 4.89. The third-order valence-electron chi connectivity index (χ3n) is 4.77. The Kier molecular flexibility index (Phi) is 2.77. The van der Waals surface area contributed by atoms with Crippen LogP contribution < -0.4 is 11.3 Å². The van der Waals surface area contributed by atoms with Crippen LogP contribution in [0, 0.1) is 6.92 Å². The van der Waals surface area contributed by atoms with Gasteiger partial charge in [0, 0.05) is 17.0 Å². The Morgan fingerprint density at radius 1 is 1.20 bits per heavy atom. The van der Waals surface area contributed by atoms with Crippen LogP contribution in [0.3, 0.4) is 0 Å². The van der Waals surface area contributed by atoms with E-state index in [0.717, 1.165) is 40.6 Å². The van der Waals surface area contributed by atoms with Gasteiger partial charge >= 0.3 is 0 Å². The first-order chi connectivity index (χ1) is 12.1. The van der Waals surface area contributed by atoms with Crippen LogP contribution in [0.2, 0.25) is 0 Å². The fraction of sp³-hybridized carbons (Fsp3) is 0.222. The number of fused-ring (bicyclic) bond motifs is 3. The Bertz CT molecular complexity index is 1190. The maximum absolute atomic E-state index is 12.9. The summed E-state index contributed by atoms with van der Waals surface area (Å²) >= 11 is 0. The minimum absolute atomic E-state index is 0.0950. The van der Waals surface area contributed by atoms with E-state index < -0.39 is 0 Å². The first-order valence-electron chi connectivity index (χ1n) is 8.14. The minimum atomic E-state index is -0.0950. The SMILES string of the molecule is Cc1c(-c2cnc(N)cn2)ccc2c3ocnc3c(=O)n(C3CC3)c12. The van der Waals surface area contributed by atoms with Crippen molar-refractivity contribution < 1.29 is 4.42 Å². The predicted molar refractivity (Wildman–Crippen MR) is 94.2 cm³/mol. The average molecular weight is 333 g/mol. The van der Waals surface area contributed by atoms with Gasteiger partial charge in [0.25, 0.3) is 5.56 Å². The number of oxazole rings is 1. The normalized spacial score (nSPS) is 14.4. The first-order valence-corrected chi connectivity index (χ1v) is 8.14. The third kappa shape index (κ3) is 1.98. The molecular weight excluding hydrogens is 318 g/mol. The lowest BCUT2D eigenvalue weighted by Crippen LogP contribution is -2.20. The van der Waals surface area contributed by atoms with Crippen LogP contribution in [0.4, 0.5) is 5.82 Å². The predicted octanol–water partition coefficient (Wildman–Crippen LogP) is 2.83. The number of nitrogen functional groups attached to an aromatic ring is 1. The highest BCUT2D eigenvalue weighted by molar-refractivity contribution is 6.03. The molecule has 7 heteroatoms. The maximum atomic E-state index is 12.9. The summed E-state index contributed by atoms with van der Waals surface area (Å²) in [6, 6.07) is 4.16. The van der Waals surface area contributed by atoms with Crippen LogP contribution in [0.5, 0.6) is 0 Å². The molecule has 0 unspecified atom stereocenters. The zero-order valence-corrected chi connectivity index (χ0v) is 13.6. The number of hydrogen-bond donors (Lipinski definition) is 1. The molecule has 0 bridgehead atoms. The summed E-state index contributed by atoms with van der Waals surface area (Å²) in [6.45, 7) is 2.00. The highest BCUT2D eigenvalue weighted by Crippen LogP contribution is 2.39. The molecule has 25 heavy (non-hydrogen) atoms. The van der Waals surface area contributed by atoms with E-state index in [9.17, 15) is 4.79 Å². The number of nitrogens with zero attached hydrogens (tertiary/aromatic N) is 4. The Morgan fingerprint density at radius 2 is 2.04 bits per heavy atom. The largest absolute Gasteiger partial charge is 0.443 e. The molecule has 0 spiro atoms. The van der Waals surface area contributed by atoms with Crippen molar-refractivity contribution in [2.75, 3.05) is 5.73 Å². The molecule has 0 aliphatic heterocycles. The molecule has 5 rings (SSSR count). The van der Waals surface area contributed by atoms with E-state index in [1.807, 2.05) is 23.6 Å². The lowest BCUT2D eigenvalue weighted by molar-refractivity contribution is 0.604. The highest BCUT2D eigenvalue weighted by atomic mass is 16.3. The summed E-state index contributed by atoms with van der Waals surface area (Å²) < 4.78 is 7.38. The highest BCUT2D eigenvalue weighted by Gasteiger charge is 2.29. The van der Waals surface area contributed by atoms with Crippen molar-refractivity contribution in [2.24, 2.45) is 0 Å². The lowest BCUT2D eigenvalue weighted by atomic mass is 10.0. The molecule has 0 amide bonds. The van der Waals surface area contributed by atoms with Gasteiger partial charge in [-0.05, 0) is 31.4 Å². The van der Waals surface area contributed by atoms with Crippen LogP contribution in [-0.4, -0.2) is 19.5 Å². The van der Waals surface area contributed by atoms with Gasteiger partial charge in [-0.25, -0.2) is 9.97 Å². The van der Waals surface area contributed by atoms with Gasteiger partial charge in [-0.3, -0.25) is 9.78 Å². The molecule has 1 aliphatic rings. The van der Waals surface area contributed by atoms with E-state index >= 15 is 0 Å². The van der Waals surface area contributed by atoms with Crippen LogP contribution in [0.25, 0.3) is 33.3 Å². The molecular formula is C18H15N5O2. The number of anilines is 1. The summed E-state index contributed by atoms with van der Waals surface area (Å²) in [5, 5.41) is 0.892. The molecule has 1 fully saturated rings. The molecule has 3 aromatic heterocycles. The standard InChI is InChI=1S/C18H15N5O2/c1-9-11(13-6-21-14(19)7-20-13)4-5-12-16(9)23(10-2-3-10)18(24)15-17(12)25-8-22-15/h4-8,10H,2-3H2,1H3,(H2,19,21). The number of hydrogen-bond acceptors (Lipinski definition) is 6. The fourth-order valence-corrected chi connectivity index (χ4v) is 3.43. The van der Waals surface area contributed by atoms with Gasteiger partial charge in [0.15, 0.2) is 17.5 Å². The molecule has 7 nitrogen and oxygen atoms in total. The molecule has 1 aliphatic carbocycles. The van der Waals surface area contributed by atoms with Gasteiger partial charge in [-0.2, -0.15) is 0 Å². The molecule has 0 radical (unpaired) electrons. The Labute approximate surface area is 142 Å². The number of pyridine rings is 1. The molecule has 4 aromatic rings. The zero-order chi connectivity index (χ0) is 17.1. The zero-order valence-electron chi connectivity index (χ0n) is 13.6. The summed E-state index contributed by atoms with van der Waals surface area (Å²) in [5.41, 5.74) is 9.97. The van der Waals surface area contributed by atoms with Gasteiger partial charge in [-0.1, -0.05) is 6.07 Å². The summed E-state index contributed by atoms with van der Waals surface area (Å²) in [7, 11) is 0. The van der Waals surface area contributed by atoms with Gasteiger partial charge < -0.3 is 14.7 Å². The topological polar surface area (TPSA) is 99.8 Å². The van der Waals surface area contributed by atoms with Crippen LogP contribution in [-0.2, 0) is 0 Å². The van der Waals surface area contributed by atoms with Crippen LogP contribution in [0.1, 0.15) is 24.4 Å². The van der Waals surface area contributed by atoms with E-state index in [2.05, 4.69) is 15.0 Å². The molecule has 2 N–H and O–H groups in total. The monoisotopic (exact) mass is 333 g/mol. The molecule has 0 atom stereocenters. The Morgan fingerprint density at radius 3 is 2.76 bits per heavy atom. The van der Waals surface area contributed by atoms with Crippen molar-refractivity contribution >= 4 is 27.8 Å². The smallest absolute Gasteiger partial charge is 0.281 e. The Hall–Kier alpha value is -3.22. The number of nitrogens with two attached hydrogens (primary N) is 1. The molecule has 0 saturated heterocycles. The van der Waals surface area contributed by atoms with Crippen molar-refractivity contribution in [1.29, 1.82) is 0 Å². The number of aromatic nitrogens is 4. The number of benzene rings is 1. The quantitative estimate of drug-likeness (QED) is 0.605. The van der Waals surface area contributed by atoms with Crippen molar-refractivity contribution in [3.05, 3.63) is 46.8 Å². The fourth-order valence-electron chi connectivity index (χ4n) is 3.43. The second-order valence-electron chi connectivity index (χ2n) is 6.40. The van der Waals surface area contributed by atoms with E-state index in [-0.39, 0.29) is 11.6 Å². The van der Waals surface area contributed by atoms with Gasteiger partial charge in [-0.15, -0.1) is 0 Å². The Balaban J connectivity index is 1.91. The minimum Gasteiger partial charge on any atom is -0.443 e.